The van der Waals surface area contributed by atoms with Gasteiger partial charge in [0.1, 0.15) is 5.84 Å². The van der Waals surface area contributed by atoms with Gasteiger partial charge in [-0.25, -0.2) is 4.99 Å². The fourth-order valence-electron chi connectivity index (χ4n) is 5.06. The lowest BCUT2D eigenvalue weighted by Crippen LogP contribution is -2.42. The number of anilines is 1. The Kier molecular flexibility index (Phi) is 9.93. The highest BCUT2D eigenvalue weighted by Gasteiger charge is 2.24. The van der Waals surface area contributed by atoms with Crippen LogP contribution in [-0.4, -0.2) is 23.8 Å². The molecule has 0 bridgehead atoms. The van der Waals surface area contributed by atoms with E-state index in [4.69, 9.17) is 4.99 Å². The average molecular weight is 484 g/mol. The Morgan fingerprint density at radius 3 is 2.53 bits per heavy atom. The lowest BCUT2D eigenvalue weighted by molar-refractivity contribution is 0.212. The van der Waals surface area contributed by atoms with Crippen molar-refractivity contribution in [2.75, 3.05) is 18.4 Å². The highest BCUT2D eigenvalue weighted by atomic mass is 15.2. The number of nitrogens with one attached hydrogen (secondary N) is 1. The van der Waals surface area contributed by atoms with Crippen LogP contribution in [0.2, 0.25) is 0 Å². The van der Waals surface area contributed by atoms with Gasteiger partial charge in [0.2, 0.25) is 0 Å². The van der Waals surface area contributed by atoms with Crippen LogP contribution in [0.1, 0.15) is 55.3 Å². The van der Waals surface area contributed by atoms with Crippen molar-refractivity contribution in [3.8, 4) is 0 Å². The zero-order chi connectivity index (χ0) is 26.1. The van der Waals surface area contributed by atoms with Gasteiger partial charge >= 0.3 is 0 Å². The second-order valence-electron chi connectivity index (χ2n) is 9.78. The molecule has 0 unspecified atom stereocenters. The summed E-state index contributed by atoms with van der Waals surface area (Å²) >= 11 is 0. The van der Waals surface area contributed by atoms with Crippen molar-refractivity contribution in [3.63, 3.8) is 0 Å². The molecule has 1 aromatic carbocycles. The summed E-state index contributed by atoms with van der Waals surface area (Å²) in [4.78, 5) is 7.23. The molecule has 0 aromatic heterocycles. The fourth-order valence-corrected chi connectivity index (χ4v) is 5.06. The third kappa shape index (κ3) is 7.10. The van der Waals surface area contributed by atoms with Crippen molar-refractivity contribution < 1.29 is 1.43 Å². The van der Waals surface area contributed by atoms with E-state index < -0.39 is 0 Å². The van der Waals surface area contributed by atoms with E-state index in [1.165, 1.54) is 17.6 Å². The third-order valence-electron chi connectivity index (χ3n) is 6.73. The molecule has 0 spiro atoms. The molecule has 3 aliphatic rings. The predicted octanol–water partition coefficient (Wildman–Crippen LogP) is 7.13. The van der Waals surface area contributed by atoms with E-state index in [1.807, 2.05) is 20.0 Å². The molecule has 0 saturated carbocycles. The van der Waals surface area contributed by atoms with Gasteiger partial charge in [-0.1, -0.05) is 77.3 Å². The van der Waals surface area contributed by atoms with E-state index in [0.717, 1.165) is 59.2 Å². The van der Waals surface area contributed by atoms with Crippen LogP contribution in [0.3, 0.4) is 0 Å². The lowest BCUT2D eigenvalue weighted by Gasteiger charge is -2.36. The second kappa shape index (κ2) is 13.1. The number of rotatable bonds is 5. The molecule has 1 saturated heterocycles. The first-order chi connectivity index (χ1) is 17.4. The van der Waals surface area contributed by atoms with Gasteiger partial charge in [-0.15, -0.1) is 0 Å². The Morgan fingerprint density at radius 1 is 1.11 bits per heavy atom. The van der Waals surface area contributed by atoms with Gasteiger partial charge in [0.15, 0.2) is 0 Å². The summed E-state index contributed by atoms with van der Waals surface area (Å²) in [5.74, 6) is 2.58. The number of hydrogen-bond donors (Lipinski definition) is 1. The molecule has 2 heterocycles. The number of benzene rings is 1. The van der Waals surface area contributed by atoms with Gasteiger partial charge in [-0.2, -0.15) is 0 Å². The summed E-state index contributed by atoms with van der Waals surface area (Å²) in [6.45, 7) is 21.5. The molecule has 3 nitrogen and oxygen atoms in total. The molecule has 1 fully saturated rings. The number of likely N-dealkylation sites (tertiary alicyclic amines) is 1. The number of piperidine rings is 1. The van der Waals surface area contributed by atoms with Crippen LogP contribution in [0.15, 0.2) is 94.8 Å². The van der Waals surface area contributed by atoms with Gasteiger partial charge in [-0.05, 0) is 83.0 Å². The SMILES string of the molecule is C=C(Nc1ccc(=C)/c(=C\C(=C/C)C2=CCC=C2)c1)C1=CCC(N2C[C@H](C)C[C@H](C)C2)=NC=C1.CC.[HH]. The van der Waals surface area contributed by atoms with Crippen LogP contribution in [-0.2, 0) is 0 Å². The van der Waals surface area contributed by atoms with Crippen molar-refractivity contribution in [2.24, 2.45) is 16.8 Å². The Labute approximate surface area is 219 Å². The quantitative estimate of drug-likeness (QED) is 0.482. The Morgan fingerprint density at radius 2 is 1.86 bits per heavy atom. The standard InChI is InChI=1S/C31H37N3.C2H6.H2/c1-6-26(28-9-7-8-10-28)18-29-19-30(13-11-24(29)4)33-25(5)27-12-14-31(32-16-15-27)34-20-22(2)17-23(3)21-34;1-2;/h6-7,9-13,15-16,18-19,22-23,33H,4-5,8,14,17,20-21H2,1-3H3;1-2H3;1H/b26-6+,29-18-;;/t22-,23+;;. The van der Waals surface area contributed by atoms with Crippen LogP contribution in [0.4, 0.5) is 5.69 Å². The van der Waals surface area contributed by atoms with Crippen molar-refractivity contribution >= 4 is 24.2 Å². The summed E-state index contributed by atoms with van der Waals surface area (Å²) in [5.41, 5.74) is 5.45. The molecule has 1 aliphatic carbocycles. The van der Waals surface area contributed by atoms with Crippen LogP contribution in [0.25, 0.3) is 12.7 Å². The van der Waals surface area contributed by atoms with Gasteiger partial charge in [-0.3, -0.25) is 0 Å². The highest BCUT2D eigenvalue weighted by molar-refractivity contribution is 5.85. The Bertz CT molecular complexity index is 1230. The molecule has 0 radical (unpaired) electrons. The molecular weight excluding hydrogens is 438 g/mol. The maximum atomic E-state index is 4.77. The first-order valence-electron chi connectivity index (χ1n) is 13.4. The van der Waals surface area contributed by atoms with Crippen molar-refractivity contribution in [3.05, 3.63) is 100 Å². The zero-order valence-electron chi connectivity index (χ0n) is 22.8. The molecule has 3 heteroatoms. The molecule has 1 aromatic rings. The van der Waals surface area contributed by atoms with Gasteiger partial charge in [0.05, 0.1) is 0 Å². The average Bonchev–Trinajstić information content (AvgIpc) is 3.28. The lowest BCUT2D eigenvalue weighted by atomic mass is 9.91. The summed E-state index contributed by atoms with van der Waals surface area (Å²) in [6, 6.07) is 6.27. The minimum Gasteiger partial charge on any atom is -0.359 e. The topological polar surface area (TPSA) is 27.6 Å². The number of amidine groups is 1. The Hall–Kier alpha value is -3.33. The molecule has 36 heavy (non-hydrogen) atoms. The second-order valence-corrected chi connectivity index (χ2v) is 9.78. The molecule has 192 valence electrons. The van der Waals surface area contributed by atoms with E-state index in [-0.39, 0.29) is 1.43 Å². The minimum absolute atomic E-state index is 0. The molecule has 4 rings (SSSR count). The highest BCUT2D eigenvalue weighted by Crippen LogP contribution is 2.24. The largest absolute Gasteiger partial charge is 0.359 e. The van der Waals surface area contributed by atoms with Crippen molar-refractivity contribution in [1.82, 2.24) is 4.90 Å². The summed E-state index contributed by atoms with van der Waals surface area (Å²) in [6.07, 6.45) is 20.3. The third-order valence-corrected chi connectivity index (χ3v) is 6.73. The number of aliphatic imine (C=N–C) groups is 1. The van der Waals surface area contributed by atoms with Gasteiger partial charge < -0.3 is 10.2 Å². The maximum absolute atomic E-state index is 4.77. The summed E-state index contributed by atoms with van der Waals surface area (Å²) < 4.78 is 0. The maximum Gasteiger partial charge on any atom is 0.108 e. The van der Waals surface area contributed by atoms with Gasteiger partial charge in [0, 0.05) is 38.5 Å². The van der Waals surface area contributed by atoms with Crippen LogP contribution < -0.4 is 15.8 Å². The molecule has 1 N–H and O–H groups in total. The van der Waals surface area contributed by atoms with Crippen LogP contribution in [0, 0.1) is 11.8 Å². The van der Waals surface area contributed by atoms with E-state index in [1.54, 1.807) is 0 Å². The number of allylic oxidation sites excluding steroid dienone is 7. The first kappa shape index (κ1) is 27.3. The summed E-state index contributed by atoms with van der Waals surface area (Å²) in [5, 5.41) is 5.62. The number of hydrogen-bond acceptors (Lipinski definition) is 3. The molecule has 2 atom stereocenters. The van der Waals surface area contributed by atoms with E-state index >= 15 is 0 Å². The van der Waals surface area contributed by atoms with Crippen LogP contribution in [0.5, 0.6) is 0 Å². The summed E-state index contributed by atoms with van der Waals surface area (Å²) in [7, 11) is 0. The van der Waals surface area contributed by atoms with Crippen LogP contribution >= 0.6 is 0 Å². The zero-order valence-corrected chi connectivity index (χ0v) is 22.8. The minimum atomic E-state index is 0. The Balaban J connectivity index is 0.00000157. The van der Waals surface area contributed by atoms with Crippen molar-refractivity contribution in [1.29, 1.82) is 0 Å². The van der Waals surface area contributed by atoms with Crippen molar-refractivity contribution in [2.45, 2.75) is 53.9 Å². The first-order valence-corrected chi connectivity index (χ1v) is 13.4. The smallest absolute Gasteiger partial charge is 0.108 e. The van der Waals surface area contributed by atoms with E-state index in [9.17, 15) is 0 Å². The predicted molar refractivity (Wildman–Crippen MR) is 161 cm³/mol. The molecule has 0 amide bonds. The fraction of sp³-hybridized carbons (Fsp3) is 0.364. The molecular formula is C33H45N3. The normalized spacial score (nSPS) is 22.2. The monoisotopic (exact) mass is 483 g/mol. The van der Waals surface area contributed by atoms with E-state index in [0.29, 0.717) is 11.8 Å². The number of nitrogens with zero attached hydrogens (tertiary/aromatic N) is 2. The molecule has 2 aliphatic heterocycles. The van der Waals surface area contributed by atoms with Gasteiger partial charge in [0.25, 0.3) is 0 Å². The van der Waals surface area contributed by atoms with E-state index in [2.05, 4.69) is 105 Å².